The van der Waals surface area contributed by atoms with Crippen molar-refractivity contribution in [2.45, 2.75) is 46.0 Å². The van der Waals surface area contributed by atoms with Gasteiger partial charge < -0.3 is 36.7 Å². The Balaban J connectivity index is 0.000000212. The second-order valence-electron chi connectivity index (χ2n) is 17.3. The molecule has 328 valence electrons. The molecule has 65 heavy (non-hydrogen) atoms. The molecule has 7 heteroatoms. The number of benzene rings is 8. The van der Waals surface area contributed by atoms with E-state index in [0.29, 0.717) is 8.64 Å². The second kappa shape index (κ2) is 23.3. The first-order valence-electron chi connectivity index (χ1n) is 21.8. The van der Waals surface area contributed by atoms with Crippen molar-refractivity contribution < 1.29 is 19.5 Å². The van der Waals surface area contributed by atoms with Crippen molar-refractivity contribution in [1.82, 2.24) is 0 Å². The maximum Gasteiger partial charge on any atom is 2.00 e. The zero-order chi connectivity index (χ0) is 44.6. The molecule has 0 heterocycles. The summed E-state index contributed by atoms with van der Waals surface area (Å²) < 4.78 is 1.37. The fraction of sp³-hybridized carbons (Fsp3) is 0.138. The van der Waals surface area contributed by atoms with E-state index in [1.165, 1.54) is 44.5 Å². The average molecular weight is 979 g/mol. The average Bonchev–Trinajstić information content (AvgIpc) is 3.32. The number of hydrogen-bond acceptors (Lipinski definition) is 2. The van der Waals surface area contributed by atoms with Gasteiger partial charge in [0.05, 0.1) is 0 Å². The molecule has 8 aromatic carbocycles. The van der Waals surface area contributed by atoms with Gasteiger partial charge in [0.15, 0.2) is 0 Å². The number of nitrogens with two attached hydrogens (primary N) is 2. The van der Waals surface area contributed by atoms with Gasteiger partial charge in [-0.05, 0) is 90.5 Å². The molecular formula is C58H60N2S4Zn. The summed E-state index contributed by atoms with van der Waals surface area (Å²) in [6.07, 6.45) is 0. The van der Waals surface area contributed by atoms with Crippen LogP contribution in [0.3, 0.4) is 0 Å². The Morgan fingerprint density at radius 1 is 0.246 bits per heavy atom. The van der Waals surface area contributed by atoms with Crippen molar-refractivity contribution in [1.29, 1.82) is 0 Å². The van der Waals surface area contributed by atoms with Gasteiger partial charge in [0.1, 0.15) is 0 Å². The predicted octanol–water partition coefficient (Wildman–Crippen LogP) is 13.4. The summed E-state index contributed by atoms with van der Waals surface area (Å²) in [5, 5.41) is 0. The summed E-state index contributed by atoms with van der Waals surface area (Å²) in [5.41, 5.74) is 24.1. The van der Waals surface area contributed by atoms with Gasteiger partial charge in [-0.1, -0.05) is 243 Å². The van der Waals surface area contributed by atoms with E-state index in [4.69, 9.17) is 36.7 Å². The van der Waals surface area contributed by atoms with Crippen LogP contribution in [-0.4, -0.2) is 8.64 Å². The van der Waals surface area contributed by atoms with Gasteiger partial charge in [-0.2, -0.15) is 0 Å². The Labute approximate surface area is 412 Å². The Kier molecular flexibility index (Phi) is 17.8. The fourth-order valence-electron chi connectivity index (χ4n) is 9.27. The second-order valence-corrected chi connectivity index (χ2v) is 29.1. The van der Waals surface area contributed by atoms with Gasteiger partial charge in [0, 0.05) is 0 Å². The Morgan fingerprint density at radius 3 is 0.446 bits per heavy atom. The minimum Gasteiger partial charge on any atom is -0.740 e. The molecule has 8 rings (SSSR count). The Bertz CT molecular complexity index is 2220. The van der Waals surface area contributed by atoms with E-state index in [-0.39, 0.29) is 19.5 Å². The van der Waals surface area contributed by atoms with Gasteiger partial charge in [-0.15, -0.1) is 8.64 Å². The van der Waals surface area contributed by atoms with Crippen LogP contribution in [0.25, 0.3) is 0 Å². The minimum absolute atomic E-state index is 0. The number of rotatable bonds is 16. The van der Waals surface area contributed by atoms with Crippen LogP contribution < -0.4 is 11.5 Å². The number of hydrogen-bond donors (Lipinski definition) is 2. The molecule has 0 saturated carbocycles. The fourth-order valence-corrected chi connectivity index (χ4v) is 21.6. The van der Waals surface area contributed by atoms with Crippen molar-refractivity contribution in [2.75, 3.05) is 0 Å². The molecular weight excluding hydrogens is 918 g/mol. The van der Waals surface area contributed by atoms with Gasteiger partial charge in [-0.3, -0.25) is 0 Å². The molecule has 0 radical (unpaired) electrons. The van der Waals surface area contributed by atoms with E-state index in [1.807, 2.05) is 0 Å². The van der Waals surface area contributed by atoms with Crippen molar-refractivity contribution in [2.24, 2.45) is 11.5 Å². The van der Waals surface area contributed by atoms with Crippen LogP contribution in [0, 0.1) is 0 Å². The quantitative estimate of drug-likeness (QED) is 0.0575. The molecule has 0 bridgehead atoms. The molecule has 8 aromatic rings. The third-order valence-corrected chi connectivity index (χ3v) is 26.1. The van der Waals surface area contributed by atoms with Crippen LogP contribution in [0.2, 0.25) is 0 Å². The smallest absolute Gasteiger partial charge is 0.740 e. The van der Waals surface area contributed by atoms with Gasteiger partial charge >= 0.3 is 19.5 Å². The summed E-state index contributed by atoms with van der Waals surface area (Å²) in [6.45, 7) is 0. The molecule has 0 atom stereocenters. The summed E-state index contributed by atoms with van der Waals surface area (Å²) in [5.74, 6) is 7.05. The van der Waals surface area contributed by atoms with Crippen LogP contribution in [0.15, 0.2) is 243 Å². The van der Waals surface area contributed by atoms with Crippen molar-refractivity contribution in [3.05, 3.63) is 287 Å². The van der Waals surface area contributed by atoms with Gasteiger partial charge in [-0.25, -0.2) is 17.5 Å². The third kappa shape index (κ3) is 12.9. The molecule has 0 saturated heterocycles. The zero-order valence-corrected chi connectivity index (χ0v) is 43.5. The molecule has 0 spiro atoms. The molecule has 0 fully saturated rings. The van der Waals surface area contributed by atoms with Crippen molar-refractivity contribution in [3.63, 3.8) is 0 Å². The SMILES string of the molecule is NC([S-])=S(Cc1ccccc1)(Cc1ccccc1)(Cc1ccccc1)Cc1ccccc1.NC([S-])=S(Cc1ccccc1)(Cc1ccccc1)(Cc1ccccc1)Cc1ccccc1.[Zn+2]. The van der Waals surface area contributed by atoms with E-state index in [1.54, 1.807) is 0 Å². The van der Waals surface area contributed by atoms with Crippen LogP contribution in [-0.2, 0) is 90.8 Å². The monoisotopic (exact) mass is 976 g/mol. The predicted molar refractivity (Wildman–Crippen MR) is 289 cm³/mol. The normalized spacial score (nSPS) is 12.4. The molecule has 0 unspecified atom stereocenters. The zero-order valence-electron chi connectivity index (χ0n) is 37.2. The third-order valence-electron chi connectivity index (χ3n) is 12.2. The Morgan fingerprint density at radius 2 is 0.354 bits per heavy atom. The molecule has 0 aliphatic rings. The van der Waals surface area contributed by atoms with Crippen LogP contribution in [0.5, 0.6) is 0 Å². The van der Waals surface area contributed by atoms with E-state index >= 15 is 0 Å². The molecule has 0 aliphatic heterocycles. The topological polar surface area (TPSA) is 52.0 Å². The first-order chi connectivity index (χ1) is 31.2. The van der Waals surface area contributed by atoms with Gasteiger partial charge in [0.25, 0.3) is 0 Å². The molecule has 0 aliphatic carbocycles. The largest absolute Gasteiger partial charge is 2.00 e. The van der Waals surface area contributed by atoms with Crippen molar-refractivity contribution in [3.8, 4) is 0 Å². The van der Waals surface area contributed by atoms with Gasteiger partial charge in [0.2, 0.25) is 0 Å². The maximum absolute atomic E-state index is 6.88. The molecule has 2 nitrogen and oxygen atoms in total. The summed E-state index contributed by atoms with van der Waals surface area (Å²) >= 11 is 12.1. The summed E-state index contributed by atoms with van der Waals surface area (Å²) in [6, 6.07) is 85.9. The maximum atomic E-state index is 6.88. The summed E-state index contributed by atoms with van der Waals surface area (Å²) in [4.78, 5) is 0. The summed E-state index contributed by atoms with van der Waals surface area (Å²) in [7, 11) is -5.10. The molecule has 0 aromatic heterocycles. The first-order valence-corrected chi connectivity index (χ1v) is 28.1. The Hall–Kier alpha value is -4.56. The van der Waals surface area contributed by atoms with E-state index in [2.05, 4.69) is 243 Å². The van der Waals surface area contributed by atoms with Crippen LogP contribution >= 0.6 is 17.5 Å². The van der Waals surface area contributed by atoms with E-state index < -0.39 is 17.5 Å². The molecule has 0 amide bonds. The molecule has 4 N–H and O–H groups in total. The van der Waals surface area contributed by atoms with E-state index in [9.17, 15) is 0 Å². The van der Waals surface area contributed by atoms with Crippen LogP contribution in [0.4, 0.5) is 0 Å². The van der Waals surface area contributed by atoms with E-state index in [0.717, 1.165) is 46.0 Å². The van der Waals surface area contributed by atoms with Crippen molar-refractivity contribution >= 4 is 51.4 Å². The van der Waals surface area contributed by atoms with Crippen LogP contribution in [0.1, 0.15) is 44.5 Å². The first kappa shape index (κ1) is 49.9. The standard InChI is InChI=1S/2C29H31NS2.Zn/c2*30-29(31)32(21-25-13-5-1-6-14-25,22-26-15-7-2-8-16-26,23-27-17-9-3-10-18-27)24-28-19-11-4-12-20-28;/h2*1-20,31H,21-24,30H2;/q;;+2/p-2. The minimum atomic E-state index is -2.55.